The van der Waals surface area contributed by atoms with Crippen LogP contribution in [0.2, 0.25) is 0 Å². The number of rotatable bonds is 4. The Hall–Kier alpha value is -0.610. The summed E-state index contributed by atoms with van der Waals surface area (Å²) in [6, 6.07) is 0.479. The molecule has 1 amide bonds. The predicted molar refractivity (Wildman–Crippen MR) is 70.9 cm³/mol. The van der Waals surface area contributed by atoms with Crippen LogP contribution in [0.4, 0.5) is 0 Å². The molecule has 0 aromatic carbocycles. The van der Waals surface area contributed by atoms with Gasteiger partial charge in [0.15, 0.2) is 0 Å². The van der Waals surface area contributed by atoms with E-state index in [9.17, 15) is 4.79 Å². The maximum atomic E-state index is 11.7. The Balaban J connectivity index is 2.52. The fraction of sp³-hybridized carbons (Fsp3) is 0.923. The van der Waals surface area contributed by atoms with Crippen molar-refractivity contribution in [1.29, 1.82) is 0 Å². The SMILES string of the molecule is CNC(=O)C(C)(C)CNC1CCNCC1(C)C. The molecule has 1 aliphatic heterocycles. The lowest BCUT2D eigenvalue weighted by atomic mass is 9.79. The van der Waals surface area contributed by atoms with Gasteiger partial charge >= 0.3 is 0 Å². The second-order valence-electron chi connectivity index (χ2n) is 6.35. The smallest absolute Gasteiger partial charge is 0.226 e. The van der Waals surface area contributed by atoms with Crippen LogP contribution in [0, 0.1) is 10.8 Å². The fourth-order valence-corrected chi connectivity index (χ4v) is 2.35. The van der Waals surface area contributed by atoms with Gasteiger partial charge in [-0.25, -0.2) is 0 Å². The molecule has 3 N–H and O–H groups in total. The zero-order chi connectivity index (χ0) is 13.1. The highest BCUT2D eigenvalue weighted by atomic mass is 16.2. The van der Waals surface area contributed by atoms with E-state index in [0.717, 1.165) is 26.1 Å². The number of amides is 1. The van der Waals surface area contributed by atoms with Gasteiger partial charge in [0.2, 0.25) is 5.91 Å². The van der Waals surface area contributed by atoms with Crippen molar-refractivity contribution in [2.24, 2.45) is 10.8 Å². The Bertz CT molecular complexity index is 274. The van der Waals surface area contributed by atoms with Gasteiger partial charge in [0.25, 0.3) is 0 Å². The first-order valence-electron chi connectivity index (χ1n) is 6.46. The number of hydrogen-bond acceptors (Lipinski definition) is 3. The first-order valence-corrected chi connectivity index (χ1v) is 6.46. The minimum Gasteiger partial charge on any atom is -0.359 e. The summed E-state index contributed by atoms with van der Waals surface area (Å²) < 4.78 is 0. The van der Waals surface area contributed by atoms with Gasteiger partial charge in [-0.1, -0.05) is 13.8 Å². The van der Waals surface area contributed by atoms with Crippen molar-refractivity contribution in [1.82, 2.24) is 16.0 Å². The summed E-state index contributed by atoms with van der Waals surface area (Å²) in [7, 11) is 1.69. The van der Waals surface area contributed by atoms with Crippen LogP contribution in [0.15, 0.2) is 0 Å². The number of nitrogens with one attached hydrogen (secondary N) is 3. The molecular formula is C13H27N3O. The molecule has 0 aromatic rings. The van der Waals surface area contributed by atoms with E-state index in [0.29, 0.717) is 6.04 Å². The molecule has 1 fully saturated rings. The monoisotopic (exact) mass is 241 g/mol. The van der Waals surface area contributed by atoms with Crippen LogP contribution in [0.5, 0.6) is 0 Å². The van der Waals surface area contributed by atoms with Crippen LogP contribution >= 0.6 is 0 Å². The van der Waals surface area contributed by atoms with E-state index in [1.165, 1.54) is 0 Å². The molecule has 0 aromatic heterocycles. The number of piperidine rings is 1. The van der Waals surface area contributed by atoms with Gasteiger partial charge in [0.1, 0.15) is 0 Å². The highest BCUT2D eigenvalue weighted by Crippen LogP contribution is 2.26. The average molecular weight is 241 g/mol. The molecule has 1 unspecified atom stereocenters. The standard InChI is InChI=1S/C13H27N3O/c1-12(2)8-15-7-6-10(12)16-9-13(3,4)11(17)14-5/h10,15-16H,6-9H2,1-5H3,(H,14,17). The van der Waals surface area contributed by atoms with Gasteiger partial charge in [-0.3, -0.25) is 4.79 Å². The third-order valence-corrected chi connectivity index (χ3v) is 3.77. The molecule has 0 saturated carbocycles. The average Bonchev–Trinajstić information content (AvgIpc) is 2.25. The first kappa shape index (κ1) is 14.5. The molecule has 1 heterocycles. The third-order valence-electron chi connectivity index (χ3n) is 3.77. The lowest BCUT2D eigenvalue weighted by molar-refractivity contribution is -0.128. The minimum atomic E-state index is -0.351. The molecule has 1 aliphatic rings. The molecule has 17 heavy (non-hydrogen) atoms. The summed E-state index contributed by atoms with van der Waals surface area (Å²) in [5.41, 5.74) is -0.104. The predicted octanol–water partition coefficient (Wildman–Crippen LogP) is 0.736. The summed E-state index contributed by atoms with van der Waals surface area (Å²) in [5, 5.41) is 9.71. The zero-order valence-corrected chi connectivity index (χ0v) is 11.8. The molecule has 0 spiro atoms. The maximum Gasteiger partial charge on any atom is 0.226 e. The van der Waals surface area contributed by atoms with Crippen molar-refractivity contribution >= 4 is 5.91 Å². The van der Waals surface area contributed by atoms with Crippen molar-refractivity contribution in [3.05, 3.63) is 0 Å². The highest BCUT2D eigenvalue weighted by molar-refractivity contribution is 5.81. The van der Waals surface area contributed by atoms with Crippen LogP contribution in [0.3, 0.4) is 0 Å². The summed E-state index contributed by atoms with van der Waals surface area (Å²) >= 11 is 0. The Labute approximate surface area is 105 Å². The first-order chi connectivity index (χ1) is 7.79. The molecule has 0 bridgehead atoms. The molecule has 1 atom stereocenters. The van der Waals surface area contributed by atoms with E-state index in [1.807, 2.05) is 13.8 Å². The van der Waals surface area contributed by atoms with Gasteiger partial charge in [0.05, 0.1) is 5.41 Å². The number of carbonyl (C=O) groups excluding carboxylic acids is 1. The minimum absolute atomic E-state index is 0.0942. The Morgan fingerprint density at radius 3 is 2.65 bits per heavy atom. The van der Waals surface area contributed by atoms with Crippen molar-refractivity contribution < 1.29 is 4.79 Å². The van der Waals surface area contributed by atoms with Crippen LogP contribution < -0.4 is 16.0 Å². The second-order valence-corrected chi connectivity index (χ2v) is 6.35. The summed E-state index contributed by atoms with van der Waals surface area (Å²) in [4.78, 5) is 11.7. The van der Waals surface area contributed by atoms with Gasteiger partial charge in [-0.05, 0) is 32.2 Å². The van der Waals surface area contributed by atoms with Crippen LogP contribution in [-0.4, -0.2) is 38.6 Å². The number of hydrogen-bond donors (Lipinski definition) is 3. The molecular weight excluding hydrogens is 214 g/mol. The molecule has 4 nitrogen and oxygen atoms in total. The van der Waals surface area contributed by atoms with Gasteiger partial charge < -0.3 is 16.0 Å². The Morgan fingerprint density at radius 1 is 1.47 bits per heavy atom. The number of carbonyl (C=O) groups is 1. The quantitative estimate of drug-likeness (QED) is 0.680. The van der Waals surface area contributed by atoms with Crippen LogP contribution in [0.25, 0.3) is 0 Å². The van der Waals surface area contributed by atoms with E-state index in [1.54, 1.807) is 7.05 Å². The molecule has 4 heteroatoms. The highest BCUT2D eigenvalue weighted by Gasteiger charge is 2.34. The van der Waals surface area contributed by atoms with Crippen molar-refractivity contribution in [2.45, 2.75) is 40.2 Å². The van der Waals surface area contributed by atoms with E-state index in [2.05, 4.69) is 29.8 Å². The zero-order valence-electron chi connectivity index (χ0n) is 11.8. The van der Waals surface area contributed by atoms with Crippen molar-refractivity contribution in [3.8, 4) is 0 Å². The Kier molecular flexibility index (Phi) is 4.55. The largest absolute Gasteiger partial charge is 0.359 e. The fourth-order valence-electron chi connectivity index (χ4n) is 2.35. The Morgan fingerprint density at radius 2 is 2.12 bits per heavy atom. The van der Waals surface area contributed by atoms with Crippen LogP contribution in [0.1, 0.15) is 34.1 Å². The van der Waals surface area contributed by atoms with E-state index in [4.69, 9.17) is 0 Å². The maximum absolute atomic E-state index is 11.7. The van der Waals surface area contributed by atoms with Gasteiger partial charge in [-0.15, -0.1) is 0 Å². The van der Waals surface area contributed by atoms with Crippen molar-refractivity contribution in [3.63, 3.8) is 0 Å². The molecule has 0 radical (unpaired) electrons. The molecule has 0 aliphatic carbocycles. The lowest BCUT2D eigenvalue weighted by Gasteiger charge is -2.41. The van der Waals surface area contributed by atoms with Crippen molar-refractivity contribution in [2.75, 3.05) is 26.7 Å². The summed E-state index contributed by atoms with van der Waals surface area (Å²) in [6.45, 7) is 11.3. The van der Waals surface area contributed by atoms with E-state index in [-0.39, 0.29) is 16.7 Å². The van der Waals surface area contributed by atoms with Gasteiger partial charge in [-0.2, -0.15) is 0 Å². The molecule has 100 valence electrons. The third kappa shape index (κ3) is 3.68. The van der Waals surface area contributed by atoms with E-state index >= 15 is 0 Å². The summed E-state index contributed by atoms with van der Waals surface area (Å²) in [5.74, 6) is 0.0942. The molecule has 1 rings (SSSR count). The normalized spacial score (nSPS) is 24.4. The van der Waals surface area contributed by atoms with E-state index < -0.39 is 0 Å². The lowest BCUT2D eigenvalue weighted by Crippen LogP contribution is -2.55. The van der Waals surface area contributed by atoms with Gasteiger partial charge in [0, 0.05) is 26.2 Å². The molecule has 1 saturated heterocycles. The summed E-state index contributed by atoms with van der Waals surface area (Å²) in [6.07, 6.45) is 1.12. The van der Waals surface area contributed by atoms with Crippen LogP contribution in [-0.2, 0) is 4.79 Å². The second kappa shape index (κ2) is 5.36. The topological polar surface area (TPSA) is 53.2 Å².